The van der Waals surface area contributed by atoms with E-state index in [1.807, 2.05) is 18.2 Å². The number of halogens is 2. The summed E-state index contributed by atoms with van der Waals surface area (Å²) >= 11 is 5.36. The van der Waals surface area contributed by atoms with Crippen LogP contribution in [0.2, 0.25) is 0 Å². The van der Waals surface area contributed by atoms with Gasteiger partial charge in [-0.05, 0) is 52.9 Å². The van der Waals surface area contributed by atoms with Gasteiger partial charge in [-0.1, -0.05) is 34.1 Å². The van der Waals surface area contributed by atoms with E-state index in [2.05, 4.69) is 49.4 Å². The molecule has 4 nitrogen and oxygen atoms in total. The van der Waals surface area contributed by atoms with Crippen LogP contribution in [0.1, 0.15) is 20.7 Å². The Bertz CT molecular complexity index is 661. The lowest BCUT2D eigenvalue weighted by molar-refractivity contribution is 0.0846. The molecule has 2 aromatic carbocycles. The average Bonchev–Trinajstić information content (AvgIpc) is 2.45. The summed E-state index contributed by atoms with van der Waals surface area (Å²) in [6, 6.07) is 14.1. The number of hydrazine groups is 1. The van der Waals surface area contributed by atoms with Crippen molar-refractivity contribution in [1.82, 2.24) is 10.9 Å². The first-order chi connectivity index (χ1) is 9.58. The number of rotatable bonds is 2. The molecule has 0 radical (unpaired) electrons. The first-order valence-corrected chi connectivity index (χ1v) is 7.56. The van der Waals surface area contributed by atoms with Gasteiger partial charge < -0.3 is 0 Å². The Morgan fingerprint density at radius 1 is 0.950 bits per heavy atom. The normalized spacial score (nSPS) is 9.90. The molecule has 2 aromatic rings. The van der Waals surface area contributed by atoms with Crippen molar-refractivity contribution in [3.63, 3.8) is 0 Å². The van der Waals surface area contributed by atoms with E-state index in [9.17, 15) is 9.59 Å². The Hall–Kier alpha value is -1.41. The fourth-order valence-corrected chi connectivity index (χ4v) is 2.56. The summed E-state index contributed by atoms with van der Waals surface area (Å²) in [4.78, 5) is 23.8. The zero-order chi connectivity index (χ0) is 14.5. The Balaban J connectivity index is 2.01. The number of carbonyl (C=O) groups is 2. The lowest BCUT2D eigenvalue weighted by Gasteiger charge is -2.08. The maximum Gasteiger partial charge on any atom is 0.270 e. The third-order valence-electron chi connectivity index (χ3n) is 2.49. The van der Waals surface area contributed by atoms with E-state index in [-0.39, 0.29) is 11.8 Å². The standard InChI is InChI=1S/C14H10BrIN2O2/c15-10-5-3-4-9(8-10)13(19)17-18-14(20)11-6-1-2-7-12(11)16/h1-8H,(H,17,19)(H,18,20). The van der Waals surface area contributed by atoms with E-state index in [1.165, 1.54) is 0 Å². The van der Waals surface area contributed by atoms with E-state index >= 15 is 0 Å². The van der Waals surface area contributed by atoms with Crippen LogP contribution in [-0.4, -0.2) is 11.8 Å². The minimum absolute atomic E-state index is 0.349. The topological polar surface area (TPSA) is 58.2 Å². The number of carbonyl (C=O) groups excluding carboxylic acids is 2. The van der Waals surface area contributed by atoms with E-state index < -0.39 is 0 Å². The van der Waals surface area contributed by atoms with E-state index in [0.717, 1.165) is 8.04 Å². The summed E-state index contributed by atoms with van der Waals surface area (Å²) in [5.41, 5.74) is 5.76. The van der Waals surface area contributed by atoms with Crippen molar-refractivity contribution in [3.8, 4) is 0 Å². The molecule has 0 heterocycles. The number of benzene rings is 2. The Kier molecular flexibility index (Phi) is 5.13. The molecule has 2 amide bonds. The molecular formula is C14H10BrIN2O2. The summed E-state index contributed by atoms with van der Waals surface area (Å²) in [7, 11) is 0. The van der Waals surface area contributed by atoms with Crippen LogP contribution in [0.25, 0.3) is 0 Å². The van der Waals surface area contributed by atoms with Gasteiger partial charge in [-0.3, -0.25) is 20.4 Å². The molecule has 0 aliphatic rings. The van der Waals surface area contributed by atoms with Crippen molar-refractivity contribution >= 4 is 50.3 Å². The largest absolute Gasteiger partial charge is 0.270 e. The van der Waals surface area contributed by atoms with Crippen molar-refractivity contribution in [2.24, 2.45) is 0 Å². The van der Waals surface area contributed by atoms with E-state index in [1.54, 1.807) is 30.3 Å². The molecule has 0 saturated carbocycles. The number of amides is 2. The molecule has 0 bridgehead atoms. The Morgan fingerprint density at radius 2 is 1.65 bits per heavy atom. The van der Waals surface area contributed by atoms with Crippen molar-refractivity contribution in [1.29, 1.82) is 0 Å². The lowest BCUT2D eigenvalue weighted by atomic mass is 10.2. The van der Waals surface area contributed by atoms with Gasteiger partial charge in [0.1, 0.15) is 0 Å². The minimum atomic E-state index is -0.370. The second-order valence-corrected chi connectivity index (χ2v) is 5.98. The van der Waals surface area contributed by atoms with Crippen LogP contribution in [0.3, 0.4) is 0 Å². The highest BCUT2D eigenvalue weighted by Crippen LogP contribution is 2.12. The first kappa shape index (κ1) is 15.0. The maximum absolute atomic E-state index is 11.9. The van der Waals surface area contributed by atoms with Crippen LogP contribution >= 0.6 is 38.5 Å². The lowest BCUT2D eigenvalue weighted by Crippen LogP contribution is -2.41. The van der Waals surface area contributed by atoms with Crippen LogP contribution in [-0.2, 0) is 0 Å². The first-order valence-electron chi connectivity index (χ1n) is 5.68. The molecule has 20 heavy (non-hydrogen) atoms. The number of nitrogens with one attached hydrogen (secondary N) is 2. The molecule has 0 spiro atoms. The van der Waals surface area contributed by atoms with Crippen molar-refractivity contribution in [2.45, 2.75) is 0 Å². The molecule has 0 atom stereocenters. The Morgan fingerprint density at radius 3 is 2.35 bits per heavy atom. The molecule has 102 valence electrons. The van der Waals surface area contributed by atoms with Crippen LogP contribution < -0.4 is 10.9 Å². The molecule has 0 saturated heterocycles. The van der Waals surface area contributed by atoms with Crippen molar-refractivity contribution in [2.75, 3.05) is 0 Å². The van der Waals surface area contributed by atoms with Crippen molar-refractivity contribution in [3.05, 3.63) is 67.7 Å². The predicted molar refractivity (Wildman–Crippen MR) is 88.2 cm³/mol. The monoisotopic (exact) mass is 444 g/mol. The fraction of sp³-hybridized carbons (Fsp3) is 0. The van der Waals surface area contributed by atoms with Gasteiger partial charge in [0, 0.05) is 13.6 Å². The molecule has 2 rings (SSSR count). The predicted octanol–water partition coefficient (Wildman–Crippen LogP) is 3.13. The molecule has 0 aromatic heterocycles. The number of hydrogen-bond donors (Lipinski definition) is 2. The molecule has 6 heteroatoms. The molecule has 0 fully saturated rings. The van der Waals surface area contributed by atoms with Gasteiger partial charge in [0.2, 0.25) is 0 Å². The third-order valence-corrected chi connectivity index (χ3v) is 3.93. The van der Waals surface area contributed by atoms with E-state index in [0.29, 0.717) is 11.1 Å². The van der Waals surface area contributed by atoms with Gasteiger partial charge in [-0.15, -0.1) is 0 Å². The molecule has 0 aliphatic heterocycles. The van der Waals surface area contributed by atoms with Gasteiger partial charge in [-0.25, -0.2) is 0 Å². The smallest absolute Gasteiger partial charge is 0.267 e. The van der Waals surface area contributed by atoms with Crippen LogP contribution in [0.4, 0.5) is 0 Å². The average molecular weight is 445 g/mol. The third kappa shape index (κ3) is 3.80. The summed E-state index contributed by atoms with van der Waals surface area (Å²) < 4.78 is 1.62. The van der Waals surface area contributed by atoms with Gasteiger partial charge in [0.15, 0.2) is 0 Å². The molecule has 0 aliphatic carbocycles. The number of hydrogen-bond acceptors (Lipinski definition) is 2. The molecular weight excluding hydrogens is 435 g/mol. The summed E-state index contributed by atoms with van der Waals surface area (Å²) in [6.45, 7) is 0. The van der Waals surface area contributed by atoms with Gasteiger partial charge >= 0.3 is 0 Å². The minimum Gasteiger partial charge on any atom is -0.267 e. The van der Waals surface area contributed by atoms with Crippen LogP contribution in [0.5, 0.6) is 0 Å². The zero-order valence-corrected chi connectivity index (χ0v) is 13.9. The fourth-order valence-electron chi connectivity index (χ4n) is 1.53. The van der Waals surface area contributed by atoms with E-state index in [4.69, 9.17) is 0 Å². The van der Waals surface area contributed by atoms with Gasteiger partial charge in [-0.2, -0.15) is 0 Å². The molecule has 2 N–H and O–H groups in total. The Labute approximate surface area is 138 Å². The highest BCUT2D eigenvalue weighted by atomic mass is 127. The second-order valence-electron chi connectivity index (χ2n) is 3.90. The summed E-state index contributed by atoms with van der Waals surface area (Å²) in [6.07, 6.45) is 0. The van der Waals surface area contributed by atoms with Gasteiger partial charge in [0.05, 0.1) is 5.56 Å². The maximum atomic E-state index is 11.9. The summed E-state index contributed by atoms with van der Waals surface area (Å²) in [5, 5.41) is 0. The van der Waals surface area contributed by atoms with Gasteiger partial charge in [0.25, 0.3) is 11.8 Å². The highest BCUT2D eigenvalue weighted by molar-refractivity contribution is 14.1. The summed E-state index contributed by atoms with van der Waals surface area (Å²) in [5.74, 6) is -0.719. The second kappa shape index (κ2) is 6.85. The quantitative estimate of drug-likeness (QED) is 0.552. The highest BCUT2D eigenvalue weighted by Gasteiger charge is 2.11. The van der Waals surface area contributed by atoms with Crippen LogP contribution in [0, 0.1) is 3.57 Å². The van der Waals surface area contributed by atoms with Crippen molar-refractivity contribution < 1.29 is 9.59 Å². The van der Waals surface area contributed by atoms with Crippen LogP contribution in [0.15, 0.2) is 53.0 Å². The molecule has 0 unspecified atom stereocenters. The SMILES string of the molecule is O=C(NNC(=O)c1ccccc1I)c1cccc(Br)c1. The zero-order valence-electron chi connectivity index (χ0n) is 10.2.